The quantitative estimate of drug-likeness (QED) is 0.171. The molecule has 3 aromatic rings. The zero-order valence-corrected chi connectivity index (χ0v) is 22.1. The maximum Gasteiger partial charge on any atom is 0.407 e. The normalized spacial score (nSPS) is 13.7. The number of amides is 1. The first-order valence-corrected chi connectivity index (χ1v) is 13.9. The Morgan fingerprint density at radius 2 is 1.59 bits per heavy atom. The summed E-state index contributed by atoms with van der Waals surface area (Å²) in [6, 6.07) is 20.9. The fourth-order valence-corrected chi connectivity index (χ4v) is 5.43. The topological polar surface area (TPSA) is 160 Å². The minimum Gasteiger partial charge on any atom is -0.480 e. The summed E-state index contributed by atoms with van der Waals surface area (Å²) in [6.07, 6.45) is -0.563. The van der Waals surface area contributed by atoms with Crippen LogP contribution >= 0.6 is 0 Å². The number of benzene rings is 3. The highest BCUT2D eigenvalue weighted by atomic mass is 32.2. The van der Waals surface area contributed by atoms with Gasteiger partial charge in [-0.15, -0.1) is 0 Å². The first kappa shape index (κ1) is 27.6. The van der Waals surface area contributed by atoms with Crippen molar-refractivity contribution in [2.24, 2.45) is 10.7 Å². The molecular weight excluding hydrogens is 520 g/mol. The van der Waals surface area contributed by atoms with Gasteiger partial charge in [0.1, 0.15) is 12.6 Å². The number of carbonyl (C=O) groups excluding carboxylic acids is 1. The van der Waals surface area contributed by atoms with E-state index in [4.69, 9.17) is 10.5 Å². The largest absolute Gasteiger partial charge is 0.480 e. The number of nitrogens with one attached hydrogen (secondary N) is 2. The summed E-state index contributed by atoms with van der Waals surface area (Å²) < 4.78 is 32.4. The predicted molar refractivity (Wildman–Crippen MR) is 147 cm³/mol. The maximum atomic E-state index is 12.5. The number of sulfonamides is 1. The number of guanidine groups is 1. The van der Waals surface area contributed by atoms with E-state index in [-0.39, 0.29) is 42.8 Å². The standard InChI is InChI=1S/C28H30N4O6S/c1-18-12-14-19(15-13-18)39(36,37)32-27(29)30-16-6-11-25(26(33)34)31-28(35)38-17-24-22-9-4-2-7-20(22)21-8-3-5-10-23(21)24/h2-5,7-10,12-15,24-25H,6,11,16-17H2,1H3,(H,31,35)(H,33,34)(H3,29,30,32)/t25-/m1/s1. The van der Waals surface area contributed by atoms with E-state index in [1.54, 1.807) is 12.1 Å². The molecule has 204 valence electrons. The van der Waals surface area contributed by atoms with Gasteiger partial charge < -0.3 is 20.9 Å². The lowest BCUT2D eigenvalue weighted by Gasteiger charge is -2.17. The number of aliphatic imine (C=N–C) groups is 1. The van der Waals surface area contributed by atoms with Crippen LogP contribution < -0.4 is 15.8 Å². The number of hydrogen-bond donors (Lipinski definition) is 4. The van der Waals surface area contributed by atoms with Gasteiger partial charge in [0.05, 0.1) is 4.90 Å². The molecule has 1 amide bonds. The van der Waals surface area contributed by atoms with E-state index in [1.807, 2.05) is 55.5 Å². The maximum absolute atomic E-state index is 12.5. The molecule has 1 atom stereocenters. The molecule has 0 unspecified atom stereocenters. The van der Waals surface area contributed by atoms with Crippen molar-refractivity contribution < 1.29 is 27.9 Å². The second-order valence-corrected chi connectivity index (χ2v) is 10.9. The van der Waals surface area contributed by atoms with Crippen molar-refractivity contribution in [3.63, 3.8) is 0 Å². The fraction of sp³-hybridized carbons (Fsp3) is 0.250. The molecule has 0 saturated carbocycles. The monoisotopic (exact) mass is 550 g/mol. The summed E-state index contributed by atoms with van der Waals surface area (Å²) >= 11 is 0. The summed E-state index contributed by atoms with van der Waals surface area (Å²) in [6.45, 7) is 1.96. The van der Waals surface area contributed by atoms with Crippen LogP contribution in [0.3, 0.4) is 0 Å². The Hall–Kier alpha value is -4.38. The van der Waals surface area contributed by atoms with Crippen LogP contribution in [0.2, 0.25) is 0 Å². The average Bonchev–Trinajstić information content (AvgIpc) is 3.22. The third-order valence-electron chi connectivity index (χ3n) is 6.44. The van der Waals surface area contributed by atoms with E-state index in [0.717, 1.165) is 27.8 Å². The smallest absolute Gasteiger partial charge is 0.407 e. The number of rotatable bonds is 10. The Morgan fingerprint density at radius 1 is 1.00 bits per heavy atom. The number of aryl methyl sites for hydroxylation is 1. The van der Waals surface area contributed by atoms with Crippen molar-refractivity contribution in [3.8, 4) is 11.1 Å². The summed E-state index contributed by atoms with van der Waals surface area (Å²) in [5.74, 6) is -1.68. The third-order valence-corrected chi connectivity index (χ3v) is 7.81. The second kappa shape index (κ2) is 12.0. The molecule has 0 radical (unpaired) electrons. The zero-order chi connectivity index (χ0) is 28.0. The SMILES string of the molecule is Cc1ccc(S(=O)(=O)NC(N)=NCCC[C@@H](NC(=O)OCC2c3ccccc3-c3ccccc32)C(=O)O)cc1. The Bertz CT molecular complexity index is 1440. The van der Waals surface area contributed by atoms with Crippen LogP contribution in [-0.2, 0) is 19.6 Å². The van der Waals surface area contributed by atoms with Gasteiger partial charge in [-0.2, -0.15) is 0 Å². The molecule has 10 nitrogen and oxygen atoms in total. The van der Waals surface area contributed by atoms with Gasteiger partial charge in [-0.3, -0.25) is 4.99 Å². The lowest BCUT2D eigenvalue weighted by molar-refractivity contribution is -0.139. The molecule has 1 aliphatic rings. The molecule has 0 aromatic heterocycles. The van der Waals surface area contributed by atoms with Crippen molar-refractivity contribution in [1.29, 1.82) is 0 Å². The molecule has 0 saturated heterocycles. The Labute approximate surface area is 227 Å². The highest BCUT2D eigenvalue weighted by molar-refractivity contribution is 7.90. The summed E-state index contributed by atoms with van der Waals surface area (Å²) in [7, 11) is -3.88. The van der Waals surface area contributed by atoms with Gasteiger partial charge in [0, 0.05) is 12.5 Å². The molecule has 0 heterocycles. The van der Waals surface area contributed by atoms with E-state index >= 15 is 0 Å². The lowest BCUT2D eigenvalue weighted by Crippen LogP contribution is -2.41. The number of alkyl carbamates (subject to hydrolysis) is 1. The fourth-order valence-electron chi connectivity index (χ4n) is 4.48. The first-order chi connectivity index (χ1) is 18.7. The van der Waals surface area contributed by atoms with E-state index in [9.17, 15) is 23.1 Å². The molecule has 11 heteroatoms. The second-order valence-electron chi connectivity index (χ2n) is 9.19. The molecule has 0 aliphatic heterocycles. The number of ether oxygens (including phenoxy) is 1. The summed E-state index contributed by atoms with van der Waals surface area (Å²) in [5, 5.41) is 11.9. The van der Waals surface area contributed by atoms with Crippen molar-refractivity contribution in [2.75, 3.05) is 13.2 Å². The molecule has 4 rings (SSSR count). The van der Waals surface area contributed by atoms with Crippen molar-refractivity contribution in [2.45, 2.75) is 36.6 Å². The molecule has 3 aromatic carbocycles. The molecule has 0 bridgehead atoms. The van der Waals surface area contributed by atoms with Gasteiger partial charge in [0.2, 0.25) is 5.96 Å². The summed E-state index contributed by atoms with van der Waals surface area (Å²) in [4.78, 5) is 28.2. The zero-order valence-electron chi connectivity index (χ0n) is 21.3. The molecule has 39 heavy (non-hydrogen) atoms. The van der Waals surface area contributed by atoms with Crippen molar-refractivity contribution in [1.82, 2.24) is 10.0 Å². The van der Waals surface area contributed by atoms with Gasteiger partial charge in [0.15, 0.2) is 0 Å². The number of hydrogen-bond acceptors (Lipinski definition) is 6. The van der Waals surface area contributed by atoms with Crippen LogP contribution in [0.25, 0.3) is 11.1 Å². The average molecular weight is 551 g/mol. The minimum absolute atomic E-state index is 0.0427. The van der Waals surface area contributed by atoms with Crippen molar-refractivity contribution in [3.05, 3.63) is 89.5 Å². The number of carboxylic acids is 1. The Balaban J connectivity index is 1.27. The van der Waals surface area contributed by atoms with Gasteiger partial charge in [-0.1, -0.05) is 66.2 Å². The van der Waals surface area contributed by atoms with Crippen LogP contribution in [0.1, 0.15) is 35.4 Å². The van der Waals surface area contributed by atoms with Crippen LogP contribution in [0.4, 0.5) is 4.79 Å². The lowest BCUT2D eigenvalue weighted by atomic mass is 9.98. The van der Waals surface area contributed by atoms with Crippen LogP contribution in [0.15, 0.2) is 82.7 Å². The number of aliphatic carboxylic acids is 1. The van der Waals surface area contributed by atoms with Gasteiger partial charge in [0.25, 0.3) is 10.0 Å². The number of nitrogens with two attached hydrogens (primary N) is 1. The van der Waals surface area contributed by atoms with E-state index in [2.05, 4.69) is 15.0 Å². The third kappa shape index (κ3) is 6.74. The number of carbonyl (C=O) groups is 2. The molecule has 1 aliphatic carbocycles. The van der Waals surface area contributed by atoms with E-state index in [0.29, 0.717) is 0 Å². The summed E-state index contributed by atoms with van der Waals surface area (Å²) in [5.41, 5.74) is 10.9. The highest BCUT2D eigenvalue weighted by Gasteiger charge is 2.29. The van der Waals surface area contributed by atoms with Crippen LogP contribution in [-0.4, -0.2) is 50.7 Å². The molecular formula is C28H30N4O6S. The van der Waals surface area contributed by atoms with Crippen molar-refractivity contribution >= 4 is 28.0 Å². The highest BCUT2D eigenvalue weighted by Crippen LogP contribution is 2.44. The number of nitrogens with zero attached hydrogens (tertiary/aromatic N) is 1. The number of carboxylic acid groups (broad SMARTS) is 1. The van der Waals surface area contributed by atoms with E-state index in [1.165, 1.54) is 12.1 Å². The van der Waals surface area contributed by atoms with Gasteiger partial charge >= 0.3 is 12.1 Å². The van der Waals surface area contributed by atoms with Crippen LogP contribution in [0.5, 0.6) is 0 Å². The van der Waals surface area contributed by atoms with Crippen LogP contribution in [0, 0.1) is 6.92 Å². The van der Waals surface area contributed by atoms with Gasteiger partial charge in [-0.25, -0.2) is 22.7 Å². The molecule has 0 fully saturated rings. The number of fused-ring (bicyclic) bond motifs is 3. The predicted octanol–water partition coefficient (Wildman–Crippen LogP) is 3.36. The minimum atomic E-state index is -3.88. The Morgan fingerprint density at radius 3 is 2.18 bits per heavy atom. The molecule has 5 N–H and O–H groups in total. The van der Waals surface area contributed by atoms with E-state index < -0.39 is 28.1 Å². The molecule has 0 spiro atoms. The Kier molecular flexibility index (Phi) is 8.50. The first-order valence-electron chi connectivity index (χ1n) is 12.4. The van der Waals surface area contributed by atoms with Gasteiger partial charge in [-0.05, 0) is 54.2 Å².